The van der Waals surface area contributed by atoms with Crippen molar-refractivity contribution in [1.82, 2.24) is 10.0 Å². The molecule has 4 nitrogen and oxygen atoms in total. The molecule has 114 valence electrons. The van der Waals surface area contributed by atoms with Gasteiger partial charge < -0.3 is 5.32 Å². The van der Waals surface area contributed by atoms with Crippen LogP contribution in [0, 0.1) is 23.4 Å². The van der Waals surface area contributed by atoms with Crippen LogP contribution in [0.25, 0.3) is 0 Å². The van der Waals surface area contributed by atoms with Gasteiger partial charge in [0.15, 0.2) is 17.5 Å². The maximum atomic E-state index is 13.4. The first-order valence-corrected chi connectivity index (χ1v) is 7.24. The second-order valence-electron chi connectivity index (χ2n) is 4.38. The van der Waals surface area contributed by atoms with Gasteiger partial charge in [0.05, 0.1) is 0 Å². The standard InChI is InChI=1S/C11H13F3N2O2S.ClH/c12-8-1-2-9(11(14)10(8)13)19(17,18)16-6-7-3-4-15-5-7;/h1-2,7,15-16H,3-6H2;1H. The van der Waals surface area contributed by atoms with Crippen LogP contribution >= 0.6 is 12.4 Å². The highest BCUT2D eigenvalue weighted by atomic mass is 35.5. The van der Waals surface area contributed by atoms with E-state index in [1.807, 2.05) is 0 Å². The van der Waals surface area contributed by atoms with E-state index in [9.17, 15) is 21.6 Å². The molecule has 0 saturated carbocycles. The van der Waals surface area contributed by atoms with Crippen LogP contribution in [0.5, 0.6) is 0 Å². The third kappa shape index (κ3) is 3.63. The van der Waals surface area contributed by atoms with Crippen LogP contribution < -0.4 is 10.0 Å². The van der Waals surface area contributed by atoms with Crippen molar-refractivity contribution in [1.29, 1.82) is 0 Å². The zero-order valence-electron chi connectivity index (χ0n) is 10.3. The molecule has 1 unspecified atom stereocenters. The Morgan fingerprint density at radius 2 is 1.95 bits per heavy atom. The van der Waals surface area contributed by atoms with Crippen LogP contribution in [-0.4, -0.2) is 28.1 Å². The van der Waals surface area contributed by atoms with Crippen molar-refractivity contribution >= 4 is 22.4 Å². The minimum atomic E-state index is -4.18. The molecule has 2 N–H and O–H groups in total. The Morgan fingerprint density at radius 1 is 1.25 bits per heavy atom. The van der Waals surface area contributed by atoms with E-state index in [0.29, 0.717) is 18.7 Å². The number of halogens is 4. The van der Waals surface area contributed by atoms with E-state index in [0.717, 1.165) is 13.0 Å². The highest BCUT2D eigenvalue weighted by Crippen LogP contribution is 2.19. The average molecular weight is 331 g/mol. The van der Waals surface area contributed by atoms with Gasteiger partial charge in [-0.1, -0.05) is 0 Å². The molecular weight excluding hydrogens is 317 g/mol. The third-order valence-corrected chi connectivity index (χ3v) is 4.45. The molecule has 0 bridgehead atoms. The Morgan fingerprint density at radius 3 is 2.55 bits per heavy atom. The third-order valence-electron chi connectivity index (χ3n) is 3.01. The predicted molar refractivity (Wildman–Crippen MR) is 69.7 cm³/mol. The number of hydrogen-bond acceptors (Lipinski definition) is 3. The van der Waals surface area contributed by atoms with Crippen molar-refractivity contribution in [3.8, 4) is 0 Å². The molecule has 0 spiro atoms. The molecule has 1 aliphatic heterocycles. The van der Waals surface area contributed by atoms with Crippen LogP contribution in [0.2, 0.25) is 0 Å². The smallest absolute Gasteiger partial charge is 0.243 e. The lowest BCUT2D eigenvalue weighted by Crippen LogP contribution is -2.31. The summed E-state index contributed by atoms with van der Waals surface area (Å²) in [5.41, 5.74) is 0. The van der Waals surface area contributed by atoms with Crippen molar-refractivity contribution < 1.29 is 21.6 Å². The van der Waals surface area contributed by atoms with E-state index in [2.05, 4.69) is 10.0 Å². The van der Waals surface area contributed by atoms with Crippen molar-refractivity contribution in [2.75, 3.05) is 19.6 Å². The van der Waals surface area contributed by atoms with Gasteiger partial charge in [-0.3, -0.25) is 0 Å². The number of sulfonamides is 1. The summed E-state index contributed by atoms with van der Waals surface area (Å²) in [6, 6.07) is 1.30. The maximum absolute atomic E-state index is 13.4. The molecule has 1 aromatic rings. The highest BCUT2D eigenvalue weighted by Gasteiger charge is 2.25. The van der Waals surface area contributed by atoms with Gasteiger partial charge in [0, 0.05) is 6.54 Å². The van der Waals surface area contributed by atoms with Gasteiger partial charge >= 0.3 is 0 Å². The van der Waals surface area contributed by atoms with E-state index >= 15 is 0 Å². The first kappa shape index (κ1) is 17.2. The minimum Gasteiger partial charge on any atom is -0.316 e. The molecule has 1 aromatic carbocycles. The number of hydrogen-bond donors (Lipinski definition) is 2. The van der Waals surface area contributed by atoms with Gasteiger partial charge in [-0.2, -0.15) is 0 Å². The lowest BCUT2D eigenvalue weighted by atomic mass is 10.1. The first-order chi connectivity index (χ1) is 8.92. The molecule has 2 rings (SSSR count). The number of rotatable bonds is 4. The zero-order valence-corrected chi connectivity index (χ0v) is 12.0. The molecular formula is C11H14ClF3N2O2S. The Kier molecular flexibility index (Phi) is 5.81. The van der Waals surface area contributed by atoms with E-state index in [-0.39, 0.29) is 24.9 Å². The van der Waals surface area contributed by atoms with Crippen LogP contribution in [0.4, 0.5) is 13.2 Å². The molecule has 1 saturated heterocycles. The summed E-state index contributed by atoms with van der Waals surface area (Å²) in [5, 5.41) is 3.06. The van der Waals surface area contributed by atoms with Crippen LogP contribution in [0.15, 0.2) is 17.0 Å². The molecule has 0 aliphatic carbocycles. The Hall–Kier alpha value is -0.830. The van der Waals surface area contributed by atoms with Gasteiger partial charge in [-0.05, 0) is 37.6 Å². The summed E-state index contributed by atoms with van der Waals surface area (Å²) >= 11 is 0. The summed E-state index contributed by atoms with van der Waals surface area (Å²) in [7, 11) is -4.18. The number of nitrogens with one attached hydrogen (secondary N) is 2. The predicted octanol–water partition coefficient (Wildman–Crippen LogP) is 1.41. The Labute approximate surface area is 121 Å². The van der Waals surface area contributed by atoms with Gasteiger partial charge in [0.1, 0.15) is 4.90 Å². The van der Waals surface area contributed by atoms with Crippen molar-refractivity contribution in [3.05, 3.63) is 29.6 Å². The molecule has 0 radical (unpaired) electrons. The summed E-state index contributed by atoms with van der Waals surface area (Å²) in [6.07, 6.45) is 0.808. The maximum Gasteiger partial charge on any atom is 0.243 e. The molecule has 0 amide bonds. The fraction of sp³-hybridized carbons (Fsp3) is 0.455. The van der Waals surface area contributed by atoms with Crippen LogP contribution in [-0.2, 0) is 10.0 Å². The van der Waals surface area contributed by atoms with Gasteiger partial charge in [0.2, 0.25) is 10.0 Å². The van der Waals surface area contributed by atoms with Crippen LogP contribution in [0.3, 0.4) is 0 Å². The Bertz CT molecular complexity index is 577. The summed E-state index contributed by atoms with van der Waals surface area (Å²) in [6.45, 7) is 1.60. The van der Waals surface area contributed by atoms with Crippen LogP contribution in [0.1, 0.15) is 6.42 Å². The lowest BCUT2D eigenvalue weighted by molar-refractivity contribution is 0.431. The SMILES string of the molecule is Cl.O=S(=O)(NCC1CCNC1)c1ccc(F)c(F)c1F. The zero-order chi connectivity index (χ0) is 14.0. The summed E-state index contributed by atoms with van der Waals surface area (Å²) < 4.78 is 65.0. The topological polar surface area (TPSA) is 58.2 Å². The molecule has 20 heavy (non-hydrogen) atoms. The van der Waals surface area contributed by atoms with Crippen molar-refractivity contribution in [3.63, 3.8) is 0 Å². The summed E-state index contributed by atoms with van der Waals surface area (Å²) in [4.78, 5) is -0.877. The quantitative estimate of drug-likeness (QED) is 0.821. The second kappa shape index (κ2) is 6.75. The molecule has 1 atom stereocenters. The Balaban J connectivity index is 0.00000200. The lowest BCUT2D eigenvalue weighted by Gasteiger charge is -2.11. The van der Waals surface area contributed by atoms with E-state index in [1.54, 1.807) is 0 Å². The van der Waals surface area contributed by atoms with Crippen molar-refractivity contribution in [2.45, 2.75) is 11.3 Å². The number of benzene rings is 1. The molecule has 1 aliphatic rings. The normalized spacial score (nSPS) is 18.9. The molecule has 9 heteroatoms. The fourth-order valence-electron chi connectivity index (χ4n) is 1.91. The largest absolute Gasteiger partial charge is 0.316 e. The van der Waals surface area contributed by atoms with E-state index < -0.39 is 32.4 Å². The van der Waals surface area contributed by atoms with Gasteiger partial charge in [-0.25, -0.2) is 26.3 Å². The van der Waals surface area contributed by atoms with E-state index in [1.165, 1.54) is 0 Å². The van der Waals surface area contributed by atoms with Crippen molar-refractivity contribution in [2.24, 2.45) is 5.92 Å². The van der Waals surface area contributed by atoms with Gasteiger partial charge in [-0.15, -0.1) is 12.4 Å². The molecule has 1 fully saturated rings. The molecule has 1 heterocycles. The van der Waals surface area contributed by atoms with Gasteiger partial charge in [0.25, 0.3) is 0 Å². The fourth-order valence-corrected chi connectivity index (χ4v) is 3.09. The molecule has 0 aromatic heterocycles. The monoisotopic (exact) mass is 330 g/mol. The second-order valence-corrected chi connectivity index (χ2v) is 6.12. The average Bonchev–Trinajstić information content (AvgIpc) is 2.86. The summed E-state index contributed by atoms with van der Waals surface area (Å²) in [5.74, 6) is -4.79. The minimum absolute atomic E-state index is 0. The first-order valence-electron chi connectivity index (χ1n) is 5.75. The highest BCUT2D eigenvalue weighted by molar-refractivity contribution is 7.89. The van der Waals surface area contributed by atoms with E-state index in [4.69, 9.17) is 0 Å².